The molecule has 18 heavy (non-hydrogen) atoms. The van der Waals surface area contributed by atoms with Gasteiger partial charge in [-0.15, -0.1) is 11.6 Å². The van der Waals surface area contributed by atoms with Crippen LogP contribution in [0.25, 0.3) is 0 Å². The van der Waals surface area contributed by atoms with Gasteiger partial charge in [-0.2, -0.15) is 5.26 Å². The van der Waals surface area contributed by atoms with Crippen molar-refractivity contribution in [2.45, 2.75) is 5.88 Å². The van der Waals surface area contributed by atoms with E-state index < -0.39 is 0 Å². The lowest BCUT2D eigenvalue weighted by molar-refractivity contribution is 0.478. The molecule has 0 unspecified atom stereocenters. The van der Waals surface area contributed by atoms with Crippen molar-refractivity contribution in [2.75, 3.05) is 0 Å². The molecule has 2 rings (SSSR count). The minimum atomic E-state index is 0.368. The zero-order valence-electron chi connectivity index (χ0n) is 9.36. The van der Waals surface area contributed by atoms with Gasteiger partial charge >= 0.3 is 0 Å². The fourth-order valence-corrected chi connectivity index (χ4v) is 2.13. The molecule has 0 saturated carbocycles. The van der Waals surface area contributed by atoms with E-state index in [0.717, 1.165) is 10.0 Å². The highest BCUT2D eigenvalue weighted by atomic mass is 79.9. The molecule has 2 aromatic carbocycles. The van der Waals surface area contributed by atoms with Crippen molar-refractivity contribution in [3.8, 4) is 17.6 Å². The van der Waals surface area contributed by atoms with Crippen molar-refractivity contribution < 1.29 is 4.74 Å². The second kappa shape index (κ2) is 5.90. The quantitative estimate of drug-likeness (QED) is 0.757. The van der Waals surface area contributed by atoms with E-state index in [1.807, 2.05) is 18.2 Å². The van der Waals surface area contributed by atoms with Crippen LogP contribution in [0.5, 0.6) is 11.5 Å². The van der Waals surface area contributed by atoms with Gasteiger partial charge in [0.1, 0.15) is 11.5 Å². The average Bonchev–Trinajstić information content (AvgIpc) is 2.41. The van der Waals surface area contributed by atoms with Crippen LogP contribution in [0.4, 0.5) is 0 Å². The lowest BCUT2D eigenvalue weighted by Crippen LogP contribution is -1.90. The molecule has 4 heteroatoms. The molecular weight excluding hydrogens is 314 g/mol. The van der Waals surface area contributed by atoms with Crippen LogP contribution in [0, 0.1) is 11.3 Å². The van der Waals surface area contributed by atoms with E-state index in [2.05, 4.69) is 22.0 Å². The molecule has 0 atom stereocenters. The molecule has 2 nitrogen and oxygen atoms in total. The van der Waals surface area contributed by atoms with Crippen molar-refractivity contribution in [3.05, 3.63) is 58.1 Å². The number of ether oxygens (including phenoxy) is 1. The summed E-state index contributed by atoms with van der Waals surface area (Å²) in [7, 11) is 0. The lowest BCUT2D eigenvalue weighted by Gasteiger charge is -2.10. The Hall–Kier alpha value is -1.50. The summed E-state index contributed by atoms with van der Waals surface area (Å²) in [6.07, 6.45) is 0. The number of alkyl halides is 1. The van der Waals surface area contributed by atoms with Crippen molar-refractivity contribution in [3.63, 3.8) is 0 Å². The Morgan fingerprint density at radius 2 is 2.06 bits per heavy atom. The highest BCUT2D eigenvalue weighted by Gasteiger charge is 2.05. The van der Waals surface area contributed by atoms with Crippen LogP contribution in [0.1, 0.15) is 11.1 Å². The van der Waals surface area contributed by atoms with Crippen LogP contribution in [0.2, 0.25) is 0 Å². The number of rotatable bonds is 3. The fraction of sp³-hybridized carbons (Fsp3) is 0.0714. The van der Waals surface area contributed by atoms with Crippen LogP contribution in [-0.2, 0) is 5.88 Å². The number of halogens is 2. The van der Waals surface area contributed by atoms with Crippen LogP contribution in [0.15, 0.2) is 46.9 Å². The molecule has 0 bridgehead atoms. The molecule has 90 valence electrons. The summed E-state index contributed by atoms with van der Waals surface area (Å²) >= 11 is 9.26. The van der Waals surface area contributed by atoms with Gasteiger partial charge in [-0.1, -0.05) is 22.0 Å². The second-order valence-electron chi connectivity index (χ2n) is 3.63. The van der Waals surface area contributed by atoms with Crippen molar-refractivity contribution in [2.24, 2.45) is 0 Å². The molecule has 2 aromatic rings. The summed E-state index contributed by atoms with van der Waals surface area (Å²) in [6.45, 7) is 0. The second-order valence-corrected chi connectivity index (χ2v) is 4.81. The van der Waals surface area contributed by atoms with Gasteiger partial charge in [0.15, 0.2) is 0 Å². The number of nitrogens with zero attached hydrogens (tertiary/aromatic N) is 1. The van der Waals surface area contributed by atoms with Crippen LogP contribution in [0.3, 0.4) is 0 Å². The summed E-state index contributed by atoms with van der Waals surface area (Å²) in [5, 5.41) is 8.83. The van der Waals surface area contributed by atoms with E-state index in [-0.39, 0.29) is 0 Å². The Morgan fingerprint density at radius 3 is 2.78 bits per heavy atom. The first-order valence-electron chi connectivity index (χ1n) is 5.25. The highest BCUT2D eigenvalue weighted by molar-refractivity contribution is 9.10. The predicted octanol–water partition coefficient (Wildman–Crippen LogP) is 4.85. The highest BCUT2D eigenvalue weighted by Crippen LogP contribution is 2.29. The minimum Gasteiger partial charge on any atom is -0.457 e. The topological polar surface area (TPSA) is 33.0 Å². The van der Waals surface area contributed by atoms with Crippen molar-refractivity contribution >= 4 is 27.5 Å². The van der Waals surface area contributed by atoms with E-state index >= 15 is 0 Å². The molecule has 0 amide bonds. The zero-order chi connectivity index (χ0) is 13.0. The largest absolute Gasteiger partial charge is 0.457 e. The van der Waals surface area contributed by atoms with Gasteiger partial charge in [0.2, 0.25) is 0 Å². The maximum Gasteiger partial charge on any atom is 0.131 e. The third kappa shape index (κ3) is 3.04. The summed E-state index contributed by atoms with van der Waals surface area (Å²) in [4.78, 5) is 0. The number of nitriles is 1. The molecular formula is C14H9BrClNO. The first kappa shape index (κ1) is 12.9. The maximum atomic E-state index is 8.83. The van der Waals surface area contributed by atoms with Gasteiger partial charge in [0.25, 0.3) is 0 Å². The molecule has 0 radical (unpaired) electrons. The molecule has 0 fully saturated rings. The molecule has 0 aliphatic heterocycles. The van der Waals surface area contributed by atoms with E-state index in [1.54, 1.807) is 24.3 Å². The lowest BCUT2D eigenvalue weighted by atomic mass is 10.2. The first-order chi connectivity index (χ1) is 8.72. The molecule has 0 saturated heterocycles. The predicted molar refractivity (Wildman–Crippen MR) is 74.9 cm³/mol. The van der Waals surface area contributed by atoms with E-state index in [4.69, 9.17) is 21.6 Å². The Morgan fingerprint density at radius 1 is 1.22 bits per heavy atom. The Bertz CT molecular complexity index is 607. The number of benzene rings is 2. The van der Waals surface area contributed by atoms with Gasteiger partial charge in [0.05, 0.1) is 17.5 Å². The smallest absolute Gasteiger partial charge is 0.131 e. The molecule has 0 aliphatic rings. The molecule has 0 aromatic heterocycles. The van der Waals surface area contributed by atoms with Crippen molar-refractivity contribution in [1.29, 1.82) is 5.26 Å². The standard InChI is InChI=1S/C14H9BrClNO/c15-12-4-5-14(11(7-12)8-16)18-13-3-1-2-10(6-13)9-17/h1-7H,8H2. The Balaban J connectivity index is 2.31. The zero-order valence-corrected chi connectivity index (χ0v) is 11.7. The third-order valence-electron chi connectivity index (χ3n) is 2.36. The molecule has 0 spiro atoms. The molecule has 0 N–H and O–H groups in total. The summed E-state index contributed by atoms with van der Waals surface area (Å²) in [5.74, 6) is 1.69. The third-order valence-corrected chi connectivity index (χ3v) is 3.14. The van der Waals surface area contributed by atoms with E-state index in [9.17, 15) is 0 Å². The first-order valence-corrected chi connectivity index (χ1v) is 6.58. The SMILES string of the molecule is N#Cc1cccc(Oc2ccc(Br)cc2CCl)c1. The van der Waals surface area contributed by atoms with Gasteiger partial charge in [-0.25, -0.2) is 0 Å². The van der Waals surface area contributed by atoms with Gasteiger partial charge in [0, 0.05) is 10.0 Å². The van der Waals surface area contributed by atoms with E-state index in [0.29, 0.717) is 22.9 Å². The van der Waals surface area contributed by atoms with Crippen molar-refractivity contribution in [1.82, 2.24) is 0 Å². The van der Waals surface area contributed by atoms with Gasteiger partial charge in [-0.3, -0.25) is 0 Å². The minimum absolute atomic E-state index is 0.368. The number of hydrogen-bond acceptors (Lipinski definition) is 2. The Labute approximate surface area is 119 Å². The monoisotopic (exact) mass is 321 g/mol. The van der Waals surface area contributed by atoms with E-state index in [1.165, 1.54) is 0 Å². The van der Waals surface area contributed by atoms with Crippen LogP contribution >= 0.6 is 27.5 Å². The van der Waals surface area contributed by atoms with Gasteiger partial charge in [-0.05, 0) is 36.4 Å². The number of hydrogen-bond donors (Lipinski definition) is 0. The Kier molecular flexibility index (Phi) is 4.24. The average molecular weight is 323 g/mol. The summed E-state index contributed by atoms with van der Waals surface area (Å²) in [5.41, 5.74) is 1.46. The fourth-order valence-electron chi connectivity index (χ4n) is 1.51. The van der Waals surface area contributed by atoms with Crippen LogP contribution in [-0.4, -0.2) is 0 Å². The van der Waals surface area contributed by atoms with Crippen LogP contribution < -0.4 is 4.74 Å². The molecule has 0 aliphatic carbocycles. The summed E-state index contributed by atoms with van der Waals surface area (Å²) < 4.78 is 6.70. The molecule has 0 heterocycles. The van der Waals surface area contributed by atoms with Gasteiger partial charge < -0.3 is 4.74 Å². The normalized spacial score (nSPS) is 9.83. The summed E-state index contributed by atoms with van der Waals surface area (Å²) in [6, 6.07) is 14.7. The maximum absolute atomic E-state index is 8.83.